The molecule has 0 atom stereocenters. The van der Waals surface area contributed by atoms with Crippen LogP contribution in [0.2, 0.25) is 0 Å². The van der Waals surface area contributed by atoms with Crippen LogP contribution in [-0.4, -0.2) is 20.3 Å². The molecule has 0 aromatic heterocycles. The first-order chi connectivity index (χ1) is 8.44. The number of ether oxygens (including phenoxy) is 1. The summed E-state index contributed by atoms with van der Waals surface area (Å²) in [5.41, 5.74) is 9.40. The fraction of sp³-hybridized carbons (Fsp3) is 0.600. The van der Waals surface area contributed by atoms with E-state index in [0.29, 0.717) is 0 Å². The van der Waals surface area contributed by atoms with Crippen LogP contribution in [0, 0.1) is 12.3 Å². The fourth-order valence-electron chi connectivity index (χ4n) is 1.81. The number of nitrogens with one attached hydrogen (secondary N) is 1. The molecule has 0 unspecified atom stereocenters. The lowest BCUT2D eigenvalue weighted by Gasteiger charge is -2.24. The van der Waals surface area contributed by atoms with Crippen LogP contribution in [0.25, 0.3) is 0 Å². The number of nitrogen functional groups attached to an aromatic ring is 1. The molecule has 0 heterocycles. The van der Waals surface area contributed by atoms with E-state index in [0.717, 1.165) is 37.4 Å². The summed E-state index contributed by atoms with van der Waals surface area (Å²) in [5, 5.41) is 3.49. The number of nitrogens with two attached hydrogens (primary N) is 1. The van der Waals surface area contributed by atoms with Gasteiger partial charge in [-0.1, -0.05) is 26.0 Å². The number of hydrogen-bond donors (Lipinski definition) is 2. The van der Waals surface area contributed by atoms with Crippen molar-refractivity contribution in [3.63, 3.8) is 0 Å². The Balaban J connectivity index is 2.39. The molecule has 1 rings (SSSR count). The molecule has 0 radical (unpaired) electrons. The zero-order chi connectivity index (χ0) is 13.6. The van der Waals surface area contributed by atoms with E-state index in [4.69, 9.17) is 10.5 Å². The Kier molecular flexibility index (Phi) is 5.63. The molecule has 0 saturated carbocycles. The average molecular weight is 250 g/mol. The minimum absolute atomic E-state index is 0.256. The molecule has 0 fully saturated rings. The largest absolute Gasteiger partial charge is 0.399 e. The van der Waals surface area contributed by atoms with E-state index in [1.165, 1.54) is 5.56 Å². The second-order valence-electron chi connectivity index (χ2n) is 5.70. The van der Waals surface area contributed by atoms with Gasteiger partial charge in [0.1, 0.15) is 0 Å². The van der Waals surface area contributed by atoms with E-state index >= 15 is 0 Å². The molecule has 0 aliphatic rings. The number of methoxy groups -OCH3 is 1. The fourth-order valence-corrected chi connectivity index (χ4v) is 1.81. The molecule has 18 heavy (non-hydrogen) atoms. The Bertz CT molecular complexity index is 375. The van der Waals surface area contributed by atoms with Crippen LogP contribution >= 0.6 is 0 Å². The van der Waals surface area contributed by atoms with E-state index in [9.17, 15) is 0 Å². The summed E-state index contributed by atoms with van der Waals surface area (Å²) in [5.74, 6) is 0. The standard InChI is InChI=1S/C15H26N2O/c1-12-5-6-13(9-14(12)16)10-17-11-15(2,3)7-8-18-4/h5-6,9,17H,7-8,10-11,16H2,1-4H3. The Hall–Kier alpha value is -1.06. The average Bonchev–Trinajstić information content (AvgIpc) is 2.31. The highest BCUT2D eigenvalue weighted by Crippen LogP contribution is 2.19. The smallest absolute Gasteiger partial charge is 0.0467 e. The van der Waals surface area contributed by atoms with Gasteiger partial charge in [0.05, 0.1) is 0 Å². The molecular formula is C15H26N2O. The molecule has 0 spiro atoms. The highest BCUT2D eigenvalue weighted by atomic mass is 16.5. The van der Waals surface area contributed by atoms with Gasteiger partial charge in [-0.05, 0) is 36.0 Å². The minimum Gasteiger partial charge on any atom is -0.399 e. The lowest BCUT2D eigenvalue weighted by atomic mass is 9.89. The van der Waals surface area contributed by atoms with Gasteiger partial charge in [-0.15, -0.1) is 0 Å². The number of anilines is 1. The van der Waals surface area contributed by atoms with Crippen molar-refractivity contribution < 1.29 is 4.74 Å². The molecule has 3 heteroatoms. The lowest BCUT2D eigenvalue weighted by molar-refractivity contribution is 0.150. The van der Waals surface area contributed by atoms with Crippen LogP contribution in [0.5, 0.6) is 0 Å². The summed E-state index contributed by atoms with van der Waals surface area (Å²) in [6.07, 6.45) is 1.06. The molecule has 102 valence electrons. The van der Waals surface area contributed by atoms with Gasteiger partial charge in [0.25, 0.3) is 0 Å². The van der Waals surface area contributed by atoms with Gasteiger partial charge >= 0.3 is 0 Å². The number of aryl methyl sites for hydroxylation is 1. The zero-order valence-corrected chi connectivity index (χ0v) is 12.0. The van der Waals surface area contributed by atoms with E-state index in [1.54, 1.807) is 7.11 Å². The van der Waals surface area contributed by atoms with Crippen LogP contribution in [0.1, 0.15) is 31.4 Å². The van der Waals surface area contributed by atoms with Gasteiger partial charge in [-0.25, -0.2) is 0 Å². The first-order valence-corrected chi connectivity index (χ1v) is 6.49. The summed E-state index contributed by atoms with van der Waals surface area (Å²) in [6.45, 7) is 9.18. The van der Waals surface area contributed by atoms with Crippen LogP contribution < -0.4 is 11.1 Å². The Morgan fingerprint density at radius 3 is 2.67 bits per heavy atom. The zero-order valence-electron chi connectivity index (χ0n) is 12.0. The van der Waals surface area contributed by atoms with E-state index in [1.807, 2.05) is 13.0 Å². The molecule has 1 aromatic rings. The van der Waals surface area contributed by atoms with Crippen LogP contribution in [-0.2, 0) is 11.3 Å². The van der Waals surface area contributed by atoms with Gasteiger partial charge in [0, 0.05) is 32.5 Å². The lowest BCUT2D eigenvalue weighted by Crippen LogP contribution is -2.30. The maximum Gasteiger partial charge on any atom is 0.0467 e. The van der Waals surface area contributed by atoms with Gasteiger partial charge < -0.3 is 15.8 Å². The minimum atomic E-state index is 0.256. The van der Waals surface area contributed by atoms with Gasteiger partial charge in [0.2, 0.25) is 0 Å². The topological polar surface area (TPSA) is 47.3 Å². The molecule has 3 nitrogen and oxygen atoms in total. The van der Waals surface area contributed by atoms with Crippen LogP contribution in [0.15, 0.2) is 18.2 Å². The number of benzene rings is 1. The monoisotopic (exact) mass is 250 g/mol. The first kappa shape index (κ1) is 15.0. The van der Waals surface area contributed by atoms with Crippen molar-refractivity contribution in [2.75, 3.05) is 26.0 Å². The van der Waals surface area contributed by atoms with Crippen molar-refractivity contribution >= 4 is 5.69 Å². The molecule has 0 aliphatic carbocycles. The summed E-state index contributed by atoms with van der Waals surface area (Å²) in [6, 6.07) is 6.24. The Morgan fingerprint density at radius 1 is 1.33 bits per heavy atom. The third-order valence-electron chi connectivity index (χ3n) is 3.26. The van der Waals surface area contributed by atoms with Crippen molar-refractivity contribution in [2.45, 2.75) is 33.7 Å². The third-order valence-corrected chi connectivity index (χ3v) is 3.26. The molecular weight excluding hydrogens is 224 g/mol. The maximum atomic E-state index is 5.90. The molecule has 0 amide bonds. The first-order valence-electron chi connectivity index (χ1n) is 6.49. The maximum absolute atomic E-state index is 5.90. The van der Waals surface area contributed by atoms with Gasteiger partial charge in [0.15, 0.2) is 0 Å². The predicted octanol–water partition coefficient (Wildman–Crippen LogP) is 2.73. The van der Waals surface area contributed by atoms with E-state index in [-0.39, 0.29) is 5.41 Å². The second-order valence-corrected chi connectivity index (χ2v) is 5.70. The summed E-state index contributed by atoms with van der Waals surface area (Å²) in [4.78, 5) is 0. The molecule has 0 saturated heterocycles. The SMILES string of the molecule is COCCC(C)(C)CNCc1ccc(C)c(N)c1. The van der Waals surface area contributed by atoms with Crippen molar-refractivity contribution in [3.8, 4) is 0 Å². The van der Waals surface area contributed by atoms with Gasteiger partial charge in [-0.3, -0.25) is 0 Å². The second kappa shape index (κ2) is 6.76. The van der Waals surface area contributed by atoms with Crippen LogP contribution in [0.4, 0.5) is 5.69 Å². The highest BCUT2D eigenvalue weighted by molar-refractivity contribution is 5.48. The molecule has 0 aliphatic heterocycles. The quantitative estimate of drug-likeness (QED) is 0.731. The Morgan fingerprint density at radius 2 is 2.06 bits per heavy atom. The summed E-state index contributed by atoms with van der Waals surface area (Å²) >= 11 is 0. The summed E-state index contributed by atoms with van der Waals surface area (Å²) in [7, 11) is 1.75. The van der Waals surface area contributed by atoms with Crippen molar-refractivity contribution in [1.29, 1.82) is 0 Å². The number of hydrogen-bond acceptors (Lipinski definition) is 3. The van der Waals surface area contributed by atoms with E-state index < -0.39 is 0 Å². The predicted molar refractivity (Wildman–Crippen MR) is 77.6 cm³/mol. The molecule has 0 bridgehead atoms. The highest BCUT2D eigenvalue weighted by Gasteiger charge is 2.16. The van der Waals surface area contributed by atoms with Crippen LogP contribution in [0.3, 0.4) is 0 Å². The normalized spacial score (nSPS) is 11.8. The van der Waals surface area contributed by atoms with Gasteiger partial charge in [-0.2, -0.15) is 0 Å². The number of rotatable bonds is 7. The Labute approximate surface area is 111 Å². The molecule has 1 aromatic carbocycles. The van der Waals surface area contributed by atoms with E-state index in [2.05, 4.69) is 31.3 Å². The summed E-state index contributed by atoms with van der Waals surface area (Å²) < 4.78 is 5.13. The van der Waals surface area contributed by atoms with Crippen molar-refractivity contribution in [1.82, 2.24) is 5.32 Å². The van der Waals surface area contributed by atoms with Crippen molar-refractivity contribution in [3.05, 3.63) is 29.3 Å². The van der Waals surface area contributed by atoms with Crippen molar-refractivity contribution in [2.24, 2.45) is 5.41 Å². The molecule has 3 N–H and O–H groups in total. The third kappa shape index (κ3) is 5.07.